The summed E-state index contributed by atoms with van der Waals surface area (Å²) in [5.74, 6) is 1.87. The molecule has 0 saturated heterocycles. The highest BCUT2D eigenvalue weighted by Gasteiger charge is 2.53. The van der Waals surface area contributed by atoms with Crippen LogP contribution in [0.15, 0.2) is 145 Å². The summed E-state index contributed by atoms with van der Waals surface area (Å²) >= 11 is 8.03. The van der Waals surface area contributed by atoms with E-state index < -0.39 is 0 Å². The highest BCUT2D eigenvalue weighted by atomic mass is 35.5. The summed E-state index contributed by atoms with van der Waals surface area (Å²) < 4.78 is 0. The molecule has 1 saturated carbocycles. The highest BCUT2D eigenvalue weighted by molar-refractivity contribution is 6.35. The number of anilines is 3. The van der Waals surface area contributed by atoms with Crippen molar-refractivity contribution in [1.82, 2.24) is 0 Å². The van der Waals surface area contributed by atoms with Crippen molar-refractivity contribution in [1.29, 1.82) is 0 Å². The van der Waals surface area contributed by atoms with E-state index in [0.717, 1.165) is 22.1 Å². The molecular formula is C50H44ClN. The molecule has 256 valence electrons. The molecule has 0 heterocycles. The van der Waals surface area contributed by atoms with Crippen molar-refractivity contribution in [3.8, 4) is 33.4 Å². The fraction of sp³-hybridized carbons (Fsp3) is 0.240. The topological polar surface area (TPSA) is 3.24 Å². The molecule has 2 heteroatoms. The Balaban J connectivity index is 1.20. The first-order valence-corrected chi connectivity index (χ1v) is 19.5. The first-order valence-electron chi connectivity index (χ1n) is 19.1. The fourth-order valence-electron chi connectivity index (χ4n) is 10.8. The monoisotopic (exact) mass is 693 g/mol. The van der Waals surface area contributed by atoms with Crippen molar-refractivity contribution in [3.05, 3.63) is 172 Å². The van der Waals surface area contributed by atoms with E-state index in [0.29, 0.717) is 17.8 Å². The van der Waals surface area contributed by atoms with Crippen LogP contribution in [0.1, 0.15) is 69.2 Å². The van der Waals surface area contributed by atoms with Crippen LogP contribution in [0.3, 0.4) is 0 Å². The maximum absolute atomic E-state index is 8.03. The third kappa shape index (κ3) is 4.48. The maximum atomic E-state index is 8.03. The molecule has 10 rings (SSSR count). The molecule has 4 aliphatic rings. The average molecular weight is 694 g/mol. The molecule has 4 atom stereocenters. The van der Waals surface area contributed by atoms with Gasteiger partial charge in [-0.15, -0.1) is 0 Å². The van der Waals surface area contributed by atoms with Gasteiger partial charge in [-0.05, 0) is 130 Å². The van der Waals surface area contributed by atoms with Crippen molar-refractivity contribution in [3.63, 3.8) is 0 Å². The van der Waals surface area contributed by atoms with Crippen LogP contribution >= 0.6 is 11.6 Å². The highest BCUT2D eigenvalue weighted by Crippen LogP contribution is 2.64. The van der Waals surface area contributed by atoms with E-state index in [1.807, 2.05) is 0 Å². The molecule has 0 N–H and O–H groups in total. The van der Waals surface area contributed by atoms with Gasteiger partial charge in [0.05, 0.1) is 10.7 Å². The van der Waals surface area contributed by atoms with Gasteiger partial charge in [-0.1, -0.05) is 147 Å². The van der Waals surface area contributed by atoms with Crippen LogP contribution in [0, 0.1) is 17.8 Å². The van der Waals surface area contributed by atoms with Crippen LogP contribution in [0.4, 0.5) is 17.1 Å². The van der Waals surface area contributed by atoms with Crippen molar-refractivity contribution >= 4 is 28.7 Å². The van der Waals surface area contributed by atoms with E-state index in [1.165, 1.54) is 80.5 Å². The minimum Gasteiger partial charge on any atom is -0.309 e. The van der Waals surface area contributed by atoms with Crippen LogP contribution < -0.4 is 4.90 Å². The Hall–Kier alpha value is -4.85. The predicted octanol–water partition coefficient (Wildman–Crippen LogP) is 14.1. The second kappa shape index (κ2) is 11.6. The summed E-state index contributed by atoms with van der Waals surface area (Å²) in [4.78, 5) is 2.42. The van der Waals surface area contributed by atoms with Gasteiger partial charge in [0.2, 0.25) is 0 Å². The molecule has 0 amide bonds. The number of fused-ring (bicyclic) bond motifs is 11. The molecule has 0 radical (unpaired) electrons. The standard InChI is InChI=1S/C50H44ClN/c1-31-26-35-28-36(27-31)50(30-32(35)2)44-17-11-9-15-40(44)42-24-25-46(48(51)47(42)50)52(37-20-18-34(19-21-37)33-12-6-5-7-13-33)38-22-23-41-39-14-8-10-16-43(39)49(3,4)45(41)29-38/h5-25,29-31,35-36H,26-28H2,1-4H3. The predicted molar refractivity (Wildman–Crippen MR) is 219 cm³/mol. The van der Waals surface area contributed by atoms with Gasteiger partial charge in [0.15, 0.2) is 0 Å². The van der Waals surface area contributed by atoms with Gasteiger partial charge in [-0.3, -0.25) is 0 Å². The number of allylic oxidation sites excluding steroid dienone is 2. The number of halogens is 1. The van der Waals surface area contributed by atoms with Gasteiger partial charge in [-0.2, -0.15) is 0 Å². The lowest BCUT2D eigenvalue weighted by Gasteiger charge is -2.49. The van der Waals surface area contributed by atoms with Crippen LogP contribution in [0.2, 0.25) is 5.02 Å². The molecule has 4 unspecified atom stereocenters. The first-order chi connectivity index (χ1) is 25.3. The zero-order valence-corrected chi connectivity index (χ0v) is 31.2. The normalized spacial score (nSPS) is 23.0. The number of rotatable bonds is 4. The SMILES string of the molecule is CC1=CC2(c3ccccc3-c3ccc(N(c4ccc(-c5ccccc5)cc4)c4ccc5c(c4)C(C)(C)c4ccccc4-5)c(Cl)c32)C2CC(C)CC1C2. The van der Waals surface area contributed by atoms with Gasteiger partial charge in [0.25, 0.3) is 0 Å². The second-order valence-electron chi connectivity index (χ2n) is 16.5. The van der Waals surface area contributed by atoms with Gasteiger partial charge >= 0.3 is 0 Å². The van der Waals surface area contributed by atoms with E-state index in [4.69, 9.17) is 11.6 Å². The van der Waals surface area contributed by atoms with Gasteiger partial charge in [0, 0.05) is 22.2 Å². The van der Waals surface area contributed by atoms with Crippen molar-refractivity contribution in [2.24, 2.45) is 17.8 Å². The van der Waals surface area contributed by atoms with Crippen molar-refractivity contribution < 1.29 is 0 Å². The summed E-state index contributed by atoms with van der Waals surface area (Å²) in [6.45, 7) is 9.56. The van der Waals surface area contributed by atoms with Gasteiger partial charge < -0.3 is 4.90 Å². The smallest absolute Gasteiger partial charge is 0.0697 e. The molecule has 6 aromatic carbocycles. The summed E-state index contributed by atoms with van der Waals surface area (Å²) in [6.07, 6.45) is 6.39. The number of hydrogen-bond acceptors (Lipinski definition) is 1. The molecule has 0 aliphatic heterocycles. The Morgan fingerprint density at radius 3 is 1.98 bits per heavy atom. The minimum atomic E-state index is -0.237. The van der Waals surface area contributed by atoms with E-state index in [9.17, 15) is 0 Å². The molecule has 0 aromatic heterocycles. The lowest BCUT2D eigenvalue weighted by Crippen LogP contribution is -2.42. The quantitative estimate of drug-likeness (QED) is 0.166. The summed E-state index contributed by atoms with van der Waals surface area (Å²) in [5, 5.41) is 0.865. The largest absolute Gasteiger partial charge is 0.309 e. The average Bonchev–Trinajstić information content (AvgIpc) is 3.58. The van der Waals surface area contributed by atoms with Crippen LogP contribution in [0.25, 0.3) is 33.4 Å². The lowest BCUT2D eigenvalue weighted by atomic mass is 9.55. The number of hydrogen-bond donors (Lipinski definition) is 0. The Morgan fingerprint density at radius 2 is 1.21 bits per heavy atom. The molecule has 1 fully saturated rings. The third-order valence-electron chi connectivity index (χ3n) is 13.2. The molecule has 4 aliphatic carbocycles. The molecule has 2 bridgehead atoms. The number of benzene rings is 6. The van der Waals surface area contributed by atoms with Crippen molar-refractivity contribution in [2.45, 2.75) is 57.8 Å². The van der Waals surface area contributed by atoms with Gasteiger partial charge in [-0.25, -0.2) is 0 Å². The Morgan fingerprint density at radius 1 is 0.596 bits per heavy atom. The first kappa shape index (κ1) is 31.9. The van der Waals surface area contributed by atoms with E-state index >= 15 is 0 Å². The summed E-state index contributed by atoms with van der Waals surface area (Å²) in [6, 6.07) is 49.4. The third-order valence-corrected chi connectivity index (χ3v) is 13.6. The second-order valence-corrected chi connectivity index (χ2v) is 16.9. The van der Waals surface area contributed by atoms with E-state index in [1.54, 1.807) is 0 Å². The van der Waals surface area contributed by atoms with Crippen LogP contribution in [-0.2, 0) is 10.8 Å². The molecule has 1 spiro atoms. The fourth-order valence-corrected chi connectivity index (χ4v) is 11.2. The van der Waals surface area contributed by atoms with Crippen LogP contribution in [-0.4, -0.2) is 0 Å². The summed E-state index contributed by atoms with van der Waals surface area (Å²) in [5.41, 5.74) is 17.6. The Labute approximate surface area is 313 Å². The maximum Gasteiger partial charge on any atom is 0.0697 e. The van der Waals surface area contributed by atoms with Gasteiger partial charge in [0.1, 0.15) is 0 Å². The molecule has 1 nitrogen and oxygen atoms in total. The Kier molecular flexibility index (Phi) is 7.09. The zero-order valence-electron chi connectivity index (χ0n) is 30.5. The van der Waals surface area contributed by atoms with Crippen molar-refractivity contribution in [2.75, 3.05) is 4.90 Å². The van der Waals surface area contributed by atoms with E-state index in [2.05, 4.69) is 172 Å². The summed E-state index contributed by atoms with van der Waals surface area (Å²) in [7, 11) is 0. The Bertz CT molecular complexity index is 2420. The minimum absolute atomic E-state index is 0.114. The molecular weight excluding hydrogens is 650 g/mol. The lowest BCUT2D eigenvalue weighted by molar-refractivity contribution is 0.168. The molecule has 6 aromatic rings. The molecule has 52 heavy (non-hydrogen) atoms. The zero-order chi connectivity index (χ0) is 35.4. The van der Waals surface area contributed by atoms with Crippen LogP contribution in [0.5, 0.6) is 0 Å². The number of nitrogens with zero attached hydrogens (tertiary/aromatic N) is 1. The van der Waals surface area contributed by atoms with E-state index in [-0.39, 0.29) is 10.8 Å².